The van der Waals surface area contributed by atoms with Crippen LogP contribution in [0.1, 0.15) is 51.5 Å². The number of imidazole rings is 1. The monoisotopic (exact) mass is 296 g/mol. The molecule has 0 aliphatic rings. The van der Waals surface area contributed by atoms with Crippen molar-refractivity contribution in [2.45, 2.75) is 53.0 Å². The van der Waals surface area contributed by atoms with E-state index in [-0.39, 0.29) is 5.38 Å². The number of fused-ring (bicyclic) bond motifs is 1. The molecule has 0 amide bonds. The molecule has 0 saturated heterocycles. The Hall–Kier alpha value is -1.03. The molecule has 2 unspecified atom stereocenters. The summed E-state index contributed by atoms with van der Waals surface area (Å²) in [5, 5.41) is 4.48. The zero-order valence-electron chi connectivity index (χ0n) is 13.3. The zero-order valence-corrected chi connectivity index (χ0v) is 14.1. The van der Waals surface area contributed by atoms with Crippen molar-refractivity contribution < 1.29 is 0 Å². The lowest BCUT2D eigenvalue weighted by Gasteiger charge is -2.19. The van der Waals surface area contributed by atoms with Crippen LogP contribution in [0.4, 0.5) is 0 Å². The van der Waals surface area contributed by atoms with Crippen LogP contribution in [-0.2, 0) is 20.0 Å². The van der Waals surface area contributed by atoms with E-state index < -0.39 is 0 Å². The van der Waals surface area contributed by atoms with Crippen LogP contribution in [0.25, 0.3) is 11.2 Å². The zero-order chi connectivity index (χ0) is 15.0. The maximum Gasteiger partial charge on any atom is 0.158 e. The Balaban J connectivity index is 2.59. The maximum atomic E-state index is 6.33. The molecule has 0 aromatic carbocycles. The number of aryl methyl sites for hydroxylation is 2. The first-order valence-corrected chi connectivity index (χ1v) is 7.86. The first kappa shape index (κ1) is 15.4. The van der Waals surface area contributed by atoms with Gasteiger partial charge < -0.3 is 4.57 Å². The molecule has 0 fully saturated rings. The Morgan fingerprint density at radius 3 is 2.35 bits per heavy atom. The average molecular weight is 297 g/mol. The molecule has 2 aromatic heterocycles. The number of halogens is 1. The Bertz CT molecular complexity index is 595. The van der Waals surface area contributed by atoms with Crippen LogP contribution in [0, 0.1) is 11.8 Å². The highest BCUT2D eigenvalue weighted by molar-refractivity contribution is 6.20. The van der Waals surface area contributed by atoms with E-state index in [2.05, 4.69) is 37.4 Å². The molecular weight excluding hydrogens is 272 g/mol. The Labute approximate surface area is 126 Å². The molecule has 20 heavy (non-hydrogen) atoms. The number of rotatable bonds is 5. The molecule has 0 aliphatic carbocycles. The third kappa shape index (κ3) is 2.58. The van der Waals surface area contributed by atoms with Gasteiger partial charge in [0.2, 0.25) is 0 Å². The molecule has 2 atom stereocenters. The highest BCUT2D eigenvalue weighted by atomic mass is 35.5. The van der Waals surface area contributed by atoms with Gasteiger partial charge in [-0.05, 0) is 25.2 Å². The lowest BCUT2D eigenvalue weighted by molar-refractivity contribution is 0.362. The van der Waals surface area contributed by atoms with Gasteiger partial charge in [-0.15, -0.1) is 11.6 Å². The van der Waals surface area contributed by atoms with Gasteiger partial charge in [-0.2, -0.15) is 5.10 Å². The molecule has 0 N–H and O–H groups in total. The van der Waals surface area contributed by atoms with Gasteiger partial charge in [0, 0.05) is 13.6 Å². The van der Waals surface area contributed by atoms with Crippen LogP contribution in [-0.4, -0.2) is 19.3 Å². The molecule has 5 heteroatoms. The first-order valence-electron chi connectivity index (χ1n) is 7.42. The SMILES string of the molecule is CCc1nn(C)c2c1nc(C(C)Cl)n2CC(C)C(C)C. The molecule has 0 spiro atoms. The summed E-state index contributed by atoms with van der Waals surface area (Å²) in [6.07, 6.45) is 0.893. The predicted molar refractivity (Wildman–Crippen MR) is 84.1 cm³/mol. The standard InChI is InChI=1S/C15H25ClN4/c1-7-12-13-15(19(6)18-12)20(8-10(4)9(2)3)14(17-13)11(5)16/h9-11H,7-8H2,1-6H3. The molecule has 0 radical (unpaired) electrons. The van der Waals surface area contributed by atoms with Gasteiger partial charge in [0.15, 0.2) is 5.65 Å². The van der Waals surface area contributed by atoms with Crippen LogP contribution in [0.3, 0.4) is 0 Å². The van der Waals surface area contributed by atoms with Gasteiger partial charge in [0.05, 0.1) is 11.1 Å². The summed E-state index contributed by atoms with van der Waals surface area (Å²) >= 11 is 6.33. The van der Waals surface area contributed by atoms with E-state index in [1.54, 1.807) is 0 Å². The molecule has 4 nitrogen and oxygen atoms in total. The quantitative estimate of drug-likeness (QED) is 0.784. The Morgan fingerprint density at radius 2 is 1.85 bits per heavy atom. The van der Waals surface area contributed by atoms with E-state index in [1.807, 2.05) is 18.7 Å². The number of hydrogen-bond donors (Lipinski definition) is 0. The summed E-state index contributed by atoms with van der Waals surface area (Å²) in [4.78, 5) is 4.76. The van der Waals surface area contributed by atoms with Crippen molar-refractivity contribution in [3.05, 3.63) is 11.5 Å². The summed E-state index contributed by atoms with van der Waals surface area (Å²) in [6.45, 7) is 11.8. The Morgan fingerprint density at radius 1 is 1.20 bits per heavy atom. The lowest BCUT2D eigenvalue weighted by atomic mass is 9.98. The molecular formula is C15H25ClN4. The van der Waals surface area contributed by atoms with E-state index >= 15 is 0 Å². The van der Waals surface area contributed by atoms with Gasteiger partial charge in [-0.3, -0.25) is 4.68 Å². The number of alkyl halides is 1. The molecule has 0 aliphatic heterocycles. The van der Waals surface area contributed by atoms with Crippen molar-refractivity contribution in [2.24, 2.45) is 18.9 Å². The normalized spacial score (nSPS) is 15.2. The smallest absolute Gasteiger partial charge is 0.158 e. The summed E-state index contributed by atoms with van der Waals surface area (Å²) in [5.41, 5.74) is 3.15. The lowest BCUT2D eigenvalue weighted by Crippen LogP contribution is -2.17. The van der Waals surface area contributed by atoms with Gasteiger partial charge in [-0.1, -0.05) is 27.7 Å². The summed E-state index contributed by atoms with van der Waals surface area (Å²) in [6, 6.07) is 0. The second-order valence-electron chi connectivity index (χ2n) is 6.01. The molecule has 2 aromatic rings. The maximum absolute atomic E-state index is 6.33. The predicted octanol–water partition coefficient (Wildman–Crippen LogP) is 3.92. The highest BCUT2D eigenvalue weighted by Gasteiger charge is 2.22. The molecule has 0 saturated carbocycles. The fourth-order valence-electron chi connectivity index (χ4n) is 2.48. The third-order valence-corrected chi connectivity index (χ3v) is 4.32. The summed E-state index contributed by atoms with van der Waals surface area (Å²) in [7, 11) is 1.99. The Kier molecular flexibility index (Phi) is 4.43. The summed E-state index contributed by atoms with van der Waals surface area (Å²) < 4.78 is 4.20. The largest absolute Gasteiger partial charge is 0.311 e. The molecule has 112 valence electrons. The number of hydrogen-bond acceptors (Lipinski definition) is 2. The average Bonchev–Trinajstić information content (AvgIpc) is 2.88. The van der Waals surface area contributed by atoms with E-state index in [4.69, 9.17) is 16.6 Å². The molecule has 0 bridgehead atoms. The van der Waals surface area contributed by atoms with Crippen molar-refractivity contribution in [3.8, 4) is 0 Å². The second-order valence-corrected chi connectivity index (χ2v) is 6.67. The van der Waals surface area contributed by atoms with Crippen LogP contribution in [0.5, 0.6) is 0 Å². The van der Waals surface area contributed by atoms with Gasteiger partial charge >= 0.3 is 0 Å². The second kappa shape index (κ2) is 5.76. The molecule has 2 heterocycles. The van der Waals surface area contributed by atoms with Gasteiger partial charge in [0.1, 0.15) is 11.3 Å². The highest BCUT2D eigenvalue weighted by Crippen LogP contribution is 2.28. The van der Waals surface area contributed by atoms with Crippen molar-refractivity contribution in [1.82, 2.24) is 19.3 Å². The van der Waals surface area contributed by atoms with E-state index in [0.717, 1.165) is 35.6 Å². The number of nitrogens with zero attached hydrogens (tertiary/aromatic N) is 4. The van der Waals surface area contributed by atoms with Crippen molar-refractivity contribution in [2.75, 3.05) is 0 Å². The van der Waals surface area contributed by atoms with Crippen LogP contribution in [0.15, 0.2) is 0 Å². The van der Waals surface area contributed by atoms with Crippen molar-refractivity contribution in [3.63, 3.8) is 0 Å². The minimum absolute atomic E-state index is 0.0912. The summed E-state index contributed by atoms with van der Waals surface area (Å²) in [5.74, 6) is 2.16. The van der Waals surface area contributed by atoms with Gasteiger partial charge in [0.25, 0.3) is 0 Å². The molecule has 2 rings (SSSR count). The third-order valence-electron chi connectivity index (χ3n) is 4.12. The topological polar surface area (TPSA) is 35.6 Å². The van der Waals surface area contributed by atoms with E-state index in [1.165, 1.54) is 0 Å². The van der Waals surface area contributed by atoms with E-state index in [0.29, 0.717) is 11.8 Å². The van der Waals surface area contributed by atoms with Crippen LogP contribution in [0.2, 0.25) is 0 Å². The van der Waals surface area contributed by atoms with Crippen LogP contribution >= 0.6 is 11.6 Å². The first-order chi connectivity index (χ1) is 9.36. The van der Waals surface area contributed by atoms with Crippen molar-refractivity contribution >= 4 is 22.8 Å². The minimum atomic E-state index is -0.0912. The minimum Gasteiger partial charge on any atom is -0.311 e. The van der Waals surface area contributed by atoms with Crippen LogP contribution < -0.4 is 0 Å². The van der Waals surface area contributed by atoms with E-state index in [9.17, 15) is 0 Å². The fraction of sp³-hybridized carbons (Fsp3) is 0.733. The fourth-order valence-corrected chi connectivity index (χ4v) is 2.65. The van der Waals surface area contributed by atoms with Gasteiger partial charge in [-0.25, -0.2) is 4.98 Å². The van der Waals surface area contributed by atoms with Crippen molar-refractivity contribution in [1.29, 1.82) is 0 Å². The number of aromatic nitrogens is 4.